The number of aliphatic hydroxyl groups excluding tert-OH is 1. The summed E-state index contributed by atoms with van der Waals surface area (Å²) in [6.45, 7) is 0. The third-order valence-electron chi connectivity index (χ3n) is 1.53. The van der Waals surface area contributed by atoms with Crippen LogP contribution in [0.15, 0.2) is 0 Å². The lowest BCUT2D eigenvalue weighted by molar-refractivity contribution is 0.0977. The number of hydrogen-bond donors (Lipinski definition) is 2. The van der Waals surface area contributed by atoms with E-state index in [9.17, 15) is 8.42 Å². The van der Waals surface area contributed by atoms with Gasteiger partial charge in [0.2, 0.25) is 10.0 Å². The molecule has 1 saturated carbocycles. The van der Waals surface area contributed by atoms with Gasteiger partial charge in [-0.15, -0.1) is 0 Å². The van der Waals surface area contributed by atoms with Gasteiger partial charge in [0, 0.05) is 0 Å². The second-order valence-electron chi connectivity index (χ2n) is 2.34. The first-order chi connectivity index (χ1) is 4.00. The highest BCUT2D eigenvalue weighted by atomic mass is 32.2. The second-order valence-corrected chi connectivity index (χ2v) is 4.18. The smallest absolute Gasteiger partial charge is 0.212 e. The summed E-state index contributed by atoms with van der Waals surface area (Å²) in [5.74, 6) is 0. The minimum Gasteiger partial charge on any atom is -0.393 e. The van der Waals surface area contributed by atoms with Gasteiger partial charge in [-0.05, 0) is 12.8 Å². The molecule has 0 bridgehead atoms. The van der Waals surface area contributed by atoms with Crippen LogP contribution in [0.1, 0.15) is 12.8 Å². The molecule has 0 atom stereocenters. The summed E-state index contributed by atoms with van der Waals surface area (Å²) in [4.78, 5) is 0. The van der Waals surface area contributed by atoms with Gasteiger partial charge in [-0.3, -0.25) is 0 Å². The Bertz CT molecular complexity index is 192. The minimum atomic E-state index is -3.36. The highest BCUT2D eigenvalue weighted by Crippen LogP contribution is 2.24. The fraction of sp³-hybridized carbons (Fsp3) is 1.00. The summed E-state index contributed by atoms with van der Waals surface area (Å²) >= 11 is 0. The molecule has 0 aliphatic heterocycles. The number of primary sulfonamides is 1. The van der Waals surface area contributed by atoms with Crippen LogP contribution in [0, 0.1) is 0 Å². The van der Waals surface area contributed by atoms with Crippen LogP contribution >= 0.6 is 0 Å². The zero-order chi connectivity index (χ0) is 7.07. The van der Waals surface area contributed by atoms with Crippen LogP contribution in [-0.4, -0.2) is 24.9 Å². The first kappa shape index (κ1) is 6.98. The molecule has 0 radical (unpaired) electrons. The molecule has 0 aromatic rings. The molecule has 0 heterocycles. The van der Waals surface area contributed by atoms with Gasteiger partial charge < -0.3 is 5.11 Å². The maximum absolute atomic E-state index is 10.4. The molecule has 1 rings (SSSR count). The molecule has 0 unspecified atom stereocenters. The fourth-order valence-electron chi connectivity index (χ4n) is 0.806. The first-order valence-electron chi connectivity index (χ1n) is 2.70. The van der Waals surface area contributed by atoms with Crippen LogP contribution in [0.4, 0.5) is 0 Å². The highest BCUT2D eigenvalue weighted by Gasteiger charge is 2.35. The van der Waals surface area contributed by atoms with E-state index in [2.05, 4.69) is 0 Å². The zero-order valence-corrected chi connectivity index (χ0v) is 5.63. The largest absolute Gasteiger partial charge is 0.393 e. The van der Waals surface area contributed by atoms with Crippen molar-refractivity contribution in [3.63, 3.8) is 0 Å². The molecule has 1 fully saturated rings. The average molecular weight is 151 g/mol. The molecule has 0 saturated heterocycles. The molecule has 0 aromatic heterocycles. The van der Waals surface area contributed by atoms with E-state index in [1.54, 1.807) is 0 Å². The monoisotopic (exact) mass is 151 g/mol. The van der Waals surface area contributed by atoms with Crippen LogP contribution in [0.25, 0.3) is 0 Å². The fourth-order valence-corrected chi connectivity index (χ4v) is 1.79. The molecular formula is C4H9NO3S. The average Bonchev–Trinajstić information content (AvgIpc) is 1.55. The lowest BCUT2D eigenvalue weighted by Gasteiger charge is -2.28. The van der Waals surface area contributed by atoms with Gasteiger partial charge >= 0.3 is 0 Å². The third-order valence-corrected chi connectivity index (χ3v) is 2.85. The van der Waals surface area contributed by atoms with Crippen LogP contribution in [0.2, 0.25) is 0 Å². The molecule has 4 nitrogen and oxygen atoms in total. The molecule has 54 valence electrons. The number of aliphatic hydroxyl groups is 1. The normalized spacial score (nSPS) is 35.8. The lowest BCUT2D eigenvalue weighted by atomic mass is 9.96. The molecule has 0 aromatic carbocycles. The molecule has 9 heavy (non-hydrogen) atoms. The van der Waals surface area contributed by atoms with Gasteiger partial charge in [0.05, 0.1) is 11.4 Å². The number of rotatable bonds is 1. The van der Waals surface area contributed by atoms with Crippen molar-refractivity contribution in [3.8, 4) is 0 Å². The molecule has 0 amide bonds. The summed E-state index contributed by atoms with van der Waals surface area (Å²) in [5, 5.41) is 12.9. The van der Waals surface area contributed by atoms with Gasteiger partial charge in [0.15, 0.2) is 0 Å². The van der Waals surface area contributed by atoms with Crippen LogP contribution in [0.3, 0.4) is 0 Å². The lowest BCUT2D eigenvalue weighted by Crippen LogP contribution is -2.42. The Labute approximate surface area is 53.7 Å². The van der Waals surface area contributed by atoms with E-state index < -0.39 is 21.4 Å². The molecular weight excluding hydrogens is 142 g/mol. The second kappa shape index (κ2) is 1.93. The Morgan fingerprint density at radius 2 is 1.89 bits per heavy atom. The SMILES string of the molecule is NS(=O)(=O)C1CC(O)C1. The van der Waals surface area contributed by atoms with E-state index in [1.807, 2.05) is 0 Å². The maximum Gasteiger partial charge on any atom is 0.212 e. The molecule has 3 N–H and O–H groups in total. The van der Waals surface area contributed by atoms with Gasteiger partial charge in [-0.2, -0.15) is 0 Å². The third kappa shape index (κ3) is 1.41. The minimum absolute atomic E-state index is 0.304. The molecule has 1 aliphatic carbocycles. The van der Waals surface area contributed by atoms with Crippen LogP contribution < -0.4 is 5.14 Å². The van der Waals surface area contributed by atoms with E-state index >= 15 is 0 Å². The summed E-state index contributed by atoms with van der Waals surface area (Å²) in [5.41, 5.74) is 0. The van der Waals surface area contributed by atoms with Crippen molar-refractivity contribution < 1.29 is 13.5 Å². The number of nitrogens with two attached hydrogens (primary N) is 1. The van der Waals surface area contributed by atoms with Gasteiger partial charge in [-0.25, -0.2) is 13.6 Å². The summed E-state index contributed by atoms with van der Waals surface area (Å²) in [6, 6.07) is 0. The first-order valence-corrected chi connectivity index (χ1v) is 4.31. The summed E-state index contributed by atoms with van der Waals surface area (Å²) in [6.07, 6.45) is 0.158. The van der Waals surface area contributed by atoms with Crippen LogP contribution in [-0.2, 0) is 10.0 Å². The highest BCUT2D eigenvalue weighted by molar-refractivity contribution is 7.89. The predicted octanol–water partition coefficient (Wildman–Crippen LogP) is -1.20. The topological polar surface area (TPSA) is 80.4 Å². The number of sulfonamides is 1. The van der Waals surface area contributed by atoms with Gasteiger partial charge in [0.1, 0.15) is 0 Å². The van der Waals surface area contributed by atoms with Gasteiger partial charge in [0.25, 0.3) is 0 Å². The van der Waals surface area contributed by atoms with Crippen molar-refractivity contribution in [3.05, 3.63) is 0 Å². The predicted molar refractivity (Wildman–Crippen MR) is 32.1 cm³/mol. The Kier molecular flexibility index (Phi) is 1.50. The van der Waals surface area contributed by atoms with E-state index in [-0.39, 0.29) is 0 Å². The Morgan fingerprint density at radius 3 is 2.00 bits per heavy atom. The summed E-state index contributed by atoms with van der Waals surface area (Å²) in [7, 11) is -3.36. The van der Waals surface area contributed by atoms with Crippen molar-refractivity contribution in [2.75, 3.05) is 0 Å². The molecule has 1 aliphatic rings. The zero-order valence-electron chi connectivity index (χ0n) is 4.82. The Balaban J connectivity index is 2.51. The van der Waals surface area contributed by atoms with Crippen molar-refractivity contribution in [2.24, 2.45) is 5.14 Å². The standard InChI is InChI=1S/C4H9NO3S/c5-9(7,8)4-1-3(6)2-4/h3-4,6H,1-2H2,(H2,5,7,8). The van der Waals surface area contributed by atoms with E-state index in [0.717, 1.165) is 0 Å². The van der Waals surface area contributed by atoms with Crippen molar-refractivity contribution in [1.29, 1.82) is 0 Å². The summed E-state index contributed by atoms with van der Waals surface area (Å²) < 4.78 is 20.9. The Morgan fingerprint density at radius 1 is 1.44 bits per heavy atom. The molecule has 5 heteroatoms. The van der Waals surface area contributed by atoms with Gasteiger partial charge in [-0.1, -0.05) is 0 Å². The quantitative estimate of drug-likeness (QED) is 0.494. The number of hydrogen-bond acceptors (Lipinski definition) is 3. The van der Waals surface area contributed by atoms with E-state index in [1.165, 1.54) is 0 Å². The van der Waals surface area contributed by atoms with Crippen molar-refractivity contribution in [1.82, 2.24) is 0 Å². The maximum atomic E-state index is 10.4. The van der Waals surface area contributed by atoms with Crippen molar-refractivity contribution in [2.45, 2.75) is 24.2 Å². The van der Waals surface area contributed by atoms with E-state index in [0.29, 0.717) is 12.8 Å². The van der Waals surface area contributed by atoms with Crippen molar-refractivity contribution >= 4 is 10.0 Å². The molecule has 0 spiro atoms. The Hall–Kier alpha value is -0.130. The van der Waals surface area contributed by atoms with E-state index in [4.69, 9.17) is 10.2 Å². The van der Waals surface area contributed by atoms with Crippen LogP contribution in [0.5, 0.6) is 0 Å².